The van der Waals surface area contributed by atoms with Crippen molar-refractivity contribution in [1.82, 2.24) is 9.97 Å². The highest BCUT2D eigenvalue weighted by atomic mass is 32.2. The molecule has 0 radical (unpaired) electrons. The van der Waals surface area contributed by atoms with Crippen molar-refractivity contribution >= 4 is 10.8 Å². The third-order valence-corrected chi connectivity index (χ3v) is 6.87. The second kappa shape index (κ2) is 7.61. The molecule has 5 rings (SSSR count). The SMILES string of the molecule is O=S1CCC(F)c2cc(-c3cc(-c4ccncc4)c(-c4ccc(F)cc4)[nH]3)ccc21. The minimum Gasteiger partial charge on any atom is -0.354 e. The number of halogens is 2. The van der Waals surface area contributed by atoms with E-state index in [2.05, 4.69) is 9.97 Å². The van der Waals surface area contributed by atoms with Crippen LogP contribution in [0.3, 0.4) is 0 Å². The molecule has 2 aromatic carbocycles. The Balaban J connectivity index is 1.66. The predicted molar refractivity (Wildman–Crippen MR) is 115 cm³/mol. The predicted octanol–water partition coefficient (Wildman–Crippen LogP) is 6.07. The van der Waals surface area contributed by atoms with Gasteiger partial charge in [-0.1, -0.05) is 6.07 Å². The van der Waals surface area contributed by atoms with Gasteiger partial charge in [-0.2, -0.15) is 0 Å². The molecule has 0 aliphatic carbocycles. The number of nitrogens with zero attached hydrogens (tertiary/aromatic N) is 1. The summed E-state index contributed by atoms with van der Waals surface area (Å²) in [6.45, 7) is 0. The highest BCUT2D eigenvalue weighted by Gasteiger charge is 2.25. The Labute approximate surface area is 175 Å². The van der Waals surface area contributed by atoms with Gasteiger partial charge in [0.2, 0.25) is 0 Å². The molecule has 4 aromatic rings. The fraction of sp³-hybridized carbons (Fsp3) is 0.125. The summed E-state index contributed by atoms with van der Waals surface area (Å²) in [6, 6.07) is 17.5. The fourth-order valence-electron chi connectivity index (χ4n) is 3.86. The van der Waals surface area contributed by atoms with Crippen molar-refractivity contribution in [2.24, 2.45) is 0 Å². The number of aromatic nitrogens is 2. The van der Waals surface area contributed by atoms with Crippen LogP contribution in [-0.4, -0.2) is 19.9 Å². The van der Waals surface area contributed by atoms with Crippen LogP contribution in [0.15, 0.2) is 78.0 Å². The molecule has 1 aliphatic heterocycles. The third kappa shape index (κ3) is 3.37. The van der Waals surface area contributed by atoms with Crippen molar-refractivity contribution in [3.63, 3.8) is 0 Å². The van der Waals surface area contributed by atoms with Crippen LogP contribution in [0.2, 0.25) is 0 Å². The lowest BCUT2D eigenvalue weighted by atomic mass is 10.0. The first-order valence-corrected chi connectivity index (χ1v) is 11.0. The molecule has 3 heterocycles. The number of hydrogen-bond acceptors (Lipinski definition) is 2. The number of pyridine rings is 1. The third-order valence-electron chi connectivity index (χ3n) is 5.40. The van der Waals surface area contributed by atoms with Crippen molar-refractivity contribution in [2.45, 2.75) is 17.5 Å². The van der Waals surface area contributed by atoms with Crippen molar-refractivity contribution in [2.75, 3.05) is 5.75 Å². The molecular weight excluding hydrogens is 402 g/mol. The number of fused-ring (bicyclic) bond motifs is 1. The van der Waals surface area contributed by atoms with Gasteiger partial charge in [-0.05, 0) is 77.7 Å². The lowest BCUT2D eigenvalue weighted by Gasteiger charge is -2.19. The molecular formula is C24H18F2N2OS. The molecule has 6 heteroatoms. The van der Waals surface area contributed by atoms with E-state index in [-0.39, 0.29) is 12.2 Å². The smallest absolute Gasteiger partial charge is 0.127 e. The number of alkyl halides is 1. The largest absolute Gasteiger partial charge is 0.354 e. The Bertz CT molecular complexity index is 1240. The van der Waals surface area contributed by atoms with E-state index in [0.29, 0.717) is 16.2 Å². The van der Waals surface area contributed by atoms with Crippen molar-refractivity contribution in [3.8, 4) is 33.6 Å². The van der Waals surface area contributed by atoms with E-state index >= 15 is 0 Å². The van der Waals surface area contributed by atoms with E-state index < -0.39 is 17.0 Å². The Morgan fingerprint density at radius 3 is 2.43 bits per heavy atom. The van der Waals surface area contributed by atoms with Crippen LogP contribution in [0.4, 0.5) is 8.78 Å². The minimum atomic E-state index is -1.15. The van der Waals surface area contributed by atoms with Gasteiger partial charge in [-0.15, -0.1) is 0 Å². The van der Waals surface area contributed by atoms with Crippen LogP contribution in [0.1, 0.15) is 18.2 Å². The van der Waals surface area contributed by atoms with Crippen LogP contribution >= 0.6 is 0 Å². The van der Waals surface area contributed by atoms with Crippen LogP contribution in [0.5, 0.6) is 0 Å². The number of rotatable bonds is 3. The molecule has 0 fully saturated rings. The second-order valence-corrected chi connectivity index (χ2v) is 8.81. The lowest BCUT2D eigenvalue weighted by Crippen LogP contribution is -2.12. The van der Waals surface area contributed by atoms with Crippen LogP contribution in [-0.2, 0) is 10.8 Å². The first kappa shape index (κ1) is 18.9. The van der Waals surface area contributed by atoms with E-state index in [1.54, 1.807) is 36.7 Å². The summed E-state index contributed by atoms with van der Waals surface area (Å²) in [5.74, 6) is 0.0596. The molecule has 0 saturated heterocycles. The molecule has 1 aliphatic rings. The zero-order valence-electron chi connectivity index (χ0n) is 15.9. The number of hydrogen-bond donors (Lipinski definition) is 1. The molecule has 30 heavy (non-hydrogen) atoms. The van der Waals surface area contributed by atoms with Crippen molar-refractivity contribution < 1.29 is 13.0 Å². The van der Waals surface area contributed by atoms with Gasteiger partial charge in [0.25, 0.3) is 0 Å². The highest BCUT2D eigenvalue weighted by Crippen LogP contribution is 2.39. The van der Waals surface area contributed by atoms with Crippen molar-refractivity contribution in [1.29, 1.82) is 0 Å². The van der Waals surface area contributed by atoms with Gasteiger partial charge in [-0.25, -0.2) is 8.78 Å². The average molecular weight is 420 g/mol. The van der Waals surface area contributed by atoms with Crippen molar-refractivity contribution in [3.05, 3.63) is 84.4 Å². The maximum absolute atomic E-state index is 14.5. The zero-order valence-corrected chi connectivity index (χ0v) is 16.8. The van der Waals surface area contributed by atoms with Crippen LogP contribution < -0.4 is 0 Å². The van der Waals surface area contributed by atoms with E-state index in [9.17, 15) is 13.0 Å². The Morgan fingerprint density at radius 2 is 1.67 bits per heavy atom. The lowest BCUT2D eigenvalue weighted by molar-refractivity contribution is 0.327. The maximum atomic E-state index is 14.5. The minimum absolute atomic E-state index is 0.275. The summed E-state index contributed by atoms with van der Waals surface area (Å²) in [4.78, 5) is 8.09. The van der Waals surface area contributed by atoms with E-state index in [4.69, 9.17) is 0 Å². The van der Waals surface area contributed by atoms with Gasteiger partial charge in [0, 0.05) is 39.9 Å². The number of H-pyrrole nitrogens is 1. The maximum Gasteiger partial charge on any atom is 0.127 e. The average Bonchev–Trinajstić information content (AvgIpc) is 3.23. The van der Waals surface area contributed by atoms with Gasteiger partial charge in [0.05, 0.1) is 16.5 Å². The molecule has 1 N–H and O–H groups in total. The van der Waals surface area contributed by atoms with Gasteiger partial charge in [0.1, 0.15) is 12.0 Å². The molecule has 2 unspecified atom stereocenters. The summed E-state index contributed by atoms with van der Waals surface area (Å²) in [6.07, 6.45) is 2.61. The van der Waals surface area contributed by atoms with Gasteiger partial charge in [-0.3, -0.25) is 9.19 Å². The topological polar surface area (TPSA) is 45.8 Å². The highest BCUT2D eigenvalue weighted by molar-refractivity contribution is 7.85. The first-order chi connectivity index (χ1) is 14.6. The molecule has 0 spiro atoms. The summed E-state index contributed by atoms with van der Waals surface area (Å²) in [5, 5.41) is 0. The van der Waals surface area contributed by atoms with Crippen LogP contribution in [0, 0.1) is 5.82 Å². The summed E-state index contributed by atoms with van der Waals surface area (Å²) >= 11 is 0. The molecule has 0 amide bonds. The first-order valence-electron chi connectivity index (χ1n) is 9.66. The van der Waals surface area contributed by atoms with E-state index in [1.165, 1.54) is 12.1 Å². The quantitative estimate of drug-likeness (QED) is 0.437. The summed E-state index contributed by atoms with van der Waals surface area (Å²) in [5.41, 5.74) is 5.73. The second-order valence-electron chi connectivity index (χ2n) is 7.27. The monoisotopic (exact) mass is 420 g/mol. The number of benzene rings is 2. The van der Waals surface area contributed by atoms with Gasteiger partial charge in [0.15, 0.2) is 0 Å². The van der Waals surface area contributed by atoms with Crippen LogP contribution in [0.25, 0.3) is 33.6 Å². The zero-order chi connectivity index (χ0) is 20.7. The van der Waals surface area contributed by atoms with E-state index in [0.717, 1.165) is 33.6 Å². The summed E-state index contributed by atoms with van der Waals surface area (Å²) < 4.78 is 40.2. The van der Waals surface area contributed by atoms with Gasteiger partial charge >= 0.3 is 0 Å². The standard InChI is InChI=1S/C24H18F2N2OS/c25-18-4-1-16(2-5-18)24-19(15-7-10-27-11-8-15)14-22(28-24)17-3-6-23-20(13-17)21(26)9-12-30(23)29/h1-8,10-11,13-14,21,28H,9,12H2. The Morgan fingerprint density at radius 1 is 0.933 bits per heavy atom. The Kier molecular flexibility index (Phi) is 4.79. The molecule has 3 nitrogen and oxygen atoms in total. The molecule has 2 atom stereocenters. The molecule has 2 aromatic heterocycles. The Hall–Kier alpha value is -3.12. The molecule has 0 bridgehead atoms. The fourth-order valence-corrected chi connectivity index (χ4v) is 5.17. The summed E-state index contributed by atoms with van der Waals surface area (Å²) in [7, 11) is -1.15. The molecule has 150 valence electrons. The number of aromatic amines is 1. The van der Waals surface area contributed by atoms with E-state index in [1.807, 2.05) is 24.3 Å². The van der Waals surface area contributed by atoms with Gasteiger partial charge < -0.3 is 4.98 Å². The molecule has 0 saturated carbocycles. The number of nitrogens with one attached hydrogen (secondary N) is 1. The normalized spacial score (nSPS) is 18.2.